The molecule has 1 atom stereocenters. The number of hydrogen-bond donors (Lipinski definition) is 1. The second kappa shape index (κ2) is 8.31. The molecule has 5 nitrogen and oxygen atoms in total. The van der Waals surface area contributed by atoms with Gasteiger partial charge in [0.1, 0.15) is 10.6 Å². The van der Waals surface area contributed by atoms with Crippen LogP contribution in [0.5, 0.6) is 5.75 Å². The number of carbonyl (C=O) groups is 2. The van der Waals surface area contributed by atoms with Gasteiger partial charge in [-0.15, -0.1) is 11.3 Å². The van der Waals surface area contributed by atoms with Gasteiger partial charge in [0, 0.05) is 11.3 Å². The molecule has 1 amide bonds. The quantitative estimate of drug-likeness (QED) is 0.660. The number of methoxy groups -OCH3 is 1. The molecule has 2 aromatic carbocycles. The summed E-state index contributed by atoms with van der Waals surface area (Å²) < 4.78 is 10.6. The minimum Gasteiger partial charge on any atom is -0.497 e. The lowest BCUT2D eigenvalue weighted by Crippen LogP contribution is -2.25. The van der Waals surface area contributed by atoms with E-state index in [1.807, 2.05) is 6.07 Å². The van der Waals surface area contributed by atoms with Gasteiger partial charge in [0.05, 0.1) is 7.11 Å². The zero-order valence-corrected chi connectivity index (χ0v) is 14.9. The molecule has 26 heavy (non-hydrogen) atoms. The summed E-state index contributed by atoms with van der Waals surface area (Å²) in [4.78, 5) is 25.5. The fourth-order valence-corrected chi connectivity index (χ4v) is 2.95. The first-order valence-electron chi connectivity index (χ1n) is 7.92. The summed E-state index contributed by atoms with van der Waals surface area (Å²) in [5.74, 6) is -0.267. The number of benzene rings is 2. The maximum atomic E-state index is 12.8. The number of ether oxygens (including phenoxy) is 2. The summed E-state index contributed by atoms with van der Waals surface area (Å²) in [5.41, 5.74) is 1.19. The molecule has 0 spiro atoms. The Bertz CT molecular complexity index is 861. The van der Waals surface area contributed by atoms with E-state index in [2.05, 4.69) is 5.32 Å². The molecule has 6 heteroatoms. The minimum atomic E-state index is -1.05. The van der Waals surface area contributed by atoms with E-state index in [0.29, 0.717) is 21.9 Å². The van der Waals surface area contributed by atoms with Gasteiger partial charge in [-0.2, -0.15) is 0 Å². The van der Waals surface area contributed by atoms with Crippen LogP contribution in [0, 0.1) is 0 Å². The molecule has 0 radical (unpaired) electrons. The molecule has 1 heterocycles. The largest absolute Gasteiger partial charge is 0.497 e. The SMILES string of the molecule is COc1ccc(NC(=O)[C@H](OC(=O)c2cccs2)c2ccccc2)cc1. The van der Waals surface area contributed by atoms with E-state index in [1.165, 1.54) is 11.3 Å². The lowest BCUT2D eigenvalue weighted by atomic mass is 10.1. The van der Waals surface area contributed by atoms with Crippen LogP contribution in [-0.2, 0) is 9.53 Å². The van der Waals surface area contributed by atoms with Crippen LogP contribution in [0.15, 0.2) is 72.1 Å². The third-order valence-corrected chi connectivity index (χ3v) is 4.50. The molecule has 0 aliphatic carbocycles. The molecule has 3 rings (SSSR count). The summed E-state index contributed by atoms with van der Waals surface area (Å²) in [5, 5.41) is 4.56. The summed E-state index contributed by atoms with van der Waals surface area (Å²) in [6, 6.07) is 19.3. The van der Waals surface area contributed by atoms with Crippen molar-refractivity contribution in [3.8, 4) is 5.75 Å². The Morgan fingerprint density at radius 2 is 1.69 bits per heavy atom. The van der Waals surface area contributed by atoms with Gasteiger partial charge >= 0.3 is 5.97 Å². The van der Waals surface area contributed by atoms with Crippen LogP contribution in [0.3, 0.4) is 0 Å². The molecule has 0 saturated carbocycles. The molecular formula is C20H17NO4S. The van der Waals surface area contributed by atoms with Crippen molar-refractivity contribution >= 4 is 28.9 Å². The summed E-state index contributed by atoms with van der Waals surface area (Å²) in [6.07, 6.45) is -1.05. The Hall–Kier alpha value is -3.12. The molecule has 0 aliphatic heterocycles. The maximum Gasteiger partial charge on any atom is 0.349 e. The van der Waals surface area contributed by atoms with Gasteiger partial charge < -0.3 is 14.8 Å². The minimum absolute atomic E-state index is 0.425. The Morgan fingerprint density at radius 3 is 2.31 bits per heavy atom. The van der Waals surface area contributed by atoms with Gasteiger partial charge in [-0.05, 0) is 35.7 Å². The van der Waals surface area contributed by atoms with Crippen LogP contribution in [0.25, 0.3) is 0 Å². The number of rotatable bonds is 6. The summed E-state index contributed by atoms with van der Waals surface area (Å²) in [6.45, 7) is 0. The van der Waals surface area contributed by atoms with Gasteiger partial charge in [-0.1, -0.05) is 36.4 Å². The number of anilines is 1. The van der Waals surface area contributed by atoms with Gasteiger partial charge in [0.25, 0.3) is 5.91 Å². The first-order chi connectivity index (χ1) is 12.7. The molecule has 1 N–H and O–H groups in total. The second-order valence-electron chi connectivity index (χ2n) is 5.39. The number of hydrogen-bond acceptors (Lipinski definition) is 5. The number of nitrogens with one attached hydrogen (secondary N) is 1. The zero-order valence-electron chi connectivity index (χ0n) is 14.0. The Kier molecular flexibility index (Phi) is 5.66. The predicted octanol–water partition coefficient (Wildman–Crippen LogP) is 4.29. The molecule has 0 unspecified atom stereocenters. The smallest absolute Gasteiger partial charge is 0.349 e. The third kappa shape index (κ3) is 4.29. The van der Waals surface area contributed by atoms with Gasteiger partial charge in [0.2, 0.25) is 6.10 Å². The maximum absolute atomic E-state index is 12.8. The number of esters is 1. The normalized spacial score (nSPS) is 11.4. The van der Waals surface area contributed by atoms with E-state index < -0.39 is 18.0 Å². The van der Waals surface area contributed by atoms with Crippen LogP contribution in [-0.4, -0.2) is 19.0 Å². The standard InChI is InChI=1S/C20H17NO4S/c1-24-16-11-9-15(10-12-16)21-19(22)18(14-6-3-2-4-7-14)25-20(23)17-8-5-13-26-17/h2-13,18H,1H3,(H,21,22)/t18-/m1/s1. The summed E-state index contributed by atoms with van der Waals surface area (Å²) >= 11 is 1.27. The van der Waals surface area contributed by atoms with E-state index in [9.17, 15) is 9.59 Å². The van der Waals surface area contributed by atoms with Crippen molar-refractivity contribution in [1.29, 1.82) is 0 Å². The Morgan fingerprint density at radius 1 is 0.962 bits per heavy atom. The van der Waals surface area contributed by atoms with Crippen molar-refractivity contribution in [3.05, 3.63) is 82.6 Å². The number of carbonyl (C=O) groups excluding carboxylic acids is 2. The Balaban J connectivity index is 1.80. The highest BCUT2D eigenvalue weighted by atomic mass is 32.1. The third-order valence-electron chi connectivity index (χ3n) is 3.65. The number of amides is 1. The summed E-state index contributed by atoms with van der Waals surface area (Å²) in [7, 11) is 1.57. The topological polar surface area (TPSA) is 64.6 Å². The van der Waals surface area contributed by atoms with E-state index >= 15 is 0 Å². The van der Waals surface area contributed by atoms with Crippen molar-refractivity contribution < 1.29 is 19.1 Å². The fourth-order valence-electron chi connectivity index (χ4n) is 2.34. The highest BCUT2D eigenvalue weighted by Crippen LogP contribution is 2.23. The molecule has 0 fully saturated rings. The number of thiophene rings is 1. The highest BCUT2D eigenvalue weighted by Gasteiger charge is 2.26. The predicted molar refractivity (Wildman–Crippen MR) is 101 cm³/mol. The van der Waals surface area contributed by atoms with Crippen LogP contribution in [0.1, 0.15) is 21.3 Å². The van der Waals surface area contributed by atoms with Gasteiger partial charge in [0.15, 0.2) is 0 Å². The molecule has 3 aromatic rings. The van der Waals surface area contributed by atoms with Gasteiger partial charge in [-0.25, -0.2) is 4.79 Å². The highest BCUT2D eigenvalue weighted by molar-refractivity contribution is 7.11. The lowest BCUT2D eigenvalue weighted by molar-refractivity contribution is -0.125. The van der Waals surface area contributed by atoms with Crippen molar-refractivity contribution in [1.82, 2.24) is 0 Å². The molecule has 0 saturated heterocycles. The van der Waals surface area contributed by atoms with Crippen LogP contribution < -0.4 is 10.1 Å². The average Bonchev–Trinajstić information content (AvgIpc) is 3.22. The van der Waals surface area contributed by atoms with E-state index in [4.69, 9.17) is 9.47 Å². The van der Waals surface area contributed by atoms with Crippen molar-refractivity contribution in [3.63, 3.8) is 0 Å². The second-order valence-corrected chi connectivity index (χ2v) is 6.34. The van der Waals surface area contributed by atoms with E-state index in [-0.39, 0.29) is 0 Å². The first kappa shape index (κ1) is 17.7. The van der Waals surface area contributed by atoms with Gasteiger partial charge in [-0.3, -0.25) is 4.79 Å². The van der Waals surface area contributed by atoms with Crippen LogP contribution in [0.2, 0.25) is 0 Å². The zero-order chi connectivity index (χ0) is 18.4. The van der Waals surface area contributed by atoms with E-state index in [0.717, 1.165) is 0 Å². The lowest BCUT2D eigenvalue weighted by Gasteiger charge is -2.18. The molecule has 132 valence electrons. The molecule has 0 aliphatic rings. The molecular weight excluding hydrogens is 350 g/mol. The van der Waals surface area contributed by atoms with Crippen molar-refractivity contribution in [2.24, 2.45) is 0 Å². The monoisotopic (exact) mass is 367 g/mol. The molecule has 1 aromatic heterocycles. The van der Waals surface area contributed by atoms with Crippen LogP contribution >= 0.6 is 11.3 Å². The van der Waals surface area contributed by atoms with Crippen LogP contribution in [0.4, 0.5) is 5.69 Å². The Labute approximate surface area is 155 Å². The van der Waals surface area contributed by atoms with Crippen molar-refractivity contribution in [2.75, 3.05) is 12.4 Å². The average molecular weight is 367 g/mol. The molecule has 0 bridgehead atoms. The fraction of sp³-hybridized carbons (Fsp3) is 0.100. The van der Waals surface area contributed by atoms with E-state index in [1.54, 1.807) is 73.2 Å². The van der Waals surface area contributed by atoms with Crippen molar-refractivity contribution in [2.45, 2.75) is 6.10 Å². The first-order valence-corrected chi connectivity index (χ1v) is 8.79.